The Morgan fingerprint density at radius 1 is 0.824 bits per heavy atom. The van der Waals surface area contributed by atoms with Crippen molar-refractivity contribution in [3.63, 3.8) is 0 Å². The highest BCUT2D eigenvalue weighted by Crippen LogP contribution is 2.33. The second kappa shape index (κ2) is 10.00. The minimum atomic E-state index is -3.43. The number of rotatable bonds is 6. The van der Waals surface area contributed by atoms with Crippen molar-refractivity contribution in [2.75, 3.05) is 39.3 Å². The van der Waals surface area contributed by atoms with Crippen molar-refractivity contribution in [3.05, 3.63) is 77.9 Å². The molecule has 2 aromatic carbocycles. The summed E-state index contributed by atoms with van der Waals surface area (Å²) in [6.07, 6.45) is 1.84. The van der Waals surface area contributed by atoms with Gasteiger partial charge in [0.15, 0.2) is 0 Å². The first-order valence-electron chi connectivity index (χ1n) is 11.8. The number of benzene rings is 2. The number of amides is 1. The van der Waals surface area contributed by atoms with Crippen molar-refractivity contribution in [1.82, 2.24) is 14.1 Å². The summed E-state index contributed by atoms with van der Waals surface area (Å²) < 4.78 is 27.7. The Hall–Kier alpha value is -2.52. The molecule has 2 aliphatic heterocycles. The predicted molar refractivity (Wildman–Crippen MR) is 135 cm³/mol. The van der Waals surface area contributed by atoms with E-state index >= 15 is 0 Å². The van der Waals surface area contributed by atoms with Crippen molar-refractivity contribution in [2.45, 2.75) is 23.6 Å². The van der Waals surface area contributed by atoms with Crippen LogP contribution in [0.4, 0.5) is 0 Å². The standard InChI is InChI=1S/C26H29N3O3S2/c30-26(28-17-15-27(16-18-28)20-21-7-2-1-3-8-21)23-10-6-9-22(19-23)24-11-12-25(33-24)34(31,32)29-13-4-5-14-29/h1-3,6-12,19H,4-5,13-18,20H2. The summed E-state index contributed by atoms with van der Waals surface area (Å²) in [5.74, 6) is 0.0303. The Morgan fingerprint density at radius 3 is 2.29 bits per heavy atom. The fourth-order valence-corrected chi connectivity index (χ4v) is 7.58. The zero-order chi connectivity index (χ0) is 23.5. The van der Waals surface area contributed by atoms with E-state index in [1.807, 2.05) is 41.3 Å². The van der Waals surface area contributed by atoms with E-state index in [2.05, 4.69) is 29.2 Å². The number of hydrogen-bond acceptors (Lipinski definition) is 5. The maximum absolute atomic E-state index is 13.2. The van der Waals surface area contributed by atoms with Gasteiger partial charge in [0, 0.05) is 56.3 Å². The van der Waals surface area contributed by atoms with Crippen molar-refractivity contribution in [3.8, 4) is 10.4 Å². The third-order valence-corrected chi connectivity index (χ3v) is 10.0. The molecule has 2 fully saturated rings. The number of sulfonamides is 1. The lowest BCUT2D eigenvalue weighted by molar-refractivity contribution is 0.0628. The van der Waals surface area contributed by atoms with E-state index in [0.717, 1.165) is 42.9 Å². The summed E-state index contributed by atoms with van der Waals surface area (Å²) in [6.45, 7) is 5.20. The largest absolute Gasteiger partial charge is 0.336 e. The predicted octanol–water partition coefficient (Wildman–Crippen LogP) is 4.16. The normalized spacial score (nSPS) is 17.8. The summed E-state index contributed by atoms with van der Waals surface area (Å²) in [4.78, 5) is 18.3. The second-order valence-corrected chi connectivity index (χ2v) is 12.1. The van der Waals surface area contributed by atoms with Crippen LogP contribution in [0.2, 0.25) is 0 Å². The van der Waals surface area contributed by atoms with Crippen LogP contribution < -0.4 is 0 Å². The molecule has 0 N–H and O–H groups in total. The van der Waals surface area contributed by atoms with E-state index in [9.17, 15) is 13.2 Å². The molecule has 1 amide bonds. The highest BCUT2D eigenvalue weighted by molar-refractivity contribution is 7.91. The van der Waals surface area contributed by atoms with E-state index in [-0.39, 0.29) is 5.91 Å². The monoisotopic (exact) mass is 495 g/mol. The summed E-state index contributed by atoms with van der Waals surface area (Å²) in [5, 5.41) is 0. The van der Waals surface area contributed by atoms with Crippen LogP contribution in [0.1, 0.15) is 28.8 Å². The molecule has 0 unspecified atom stereocenters. The third-order valence-electron chi connectivity index (χ3n) is 6.54. The maximum atomic E-state index is 13.2. The van der Waals surface area contributed by atoms with Gasteiger partial charge in [-0.2, -0.15) is 4.31 Å². The van der Waals surface area contributed by atoms with E-state index in [1.54, 1.807) is 10.4 Å². The van der Waals surface area contributed by atoms with Crippen molar-refractivity contribution < 1.29 is 13.2 Å². The lowest BCUT2D eigenvalue weighted by Gasteiger charge is -2.34. The first-order valence-corrected chi connectivity index (χ1v) is 14.0. The lowest BCUT2D eigenvalue weighted by Crippen LogP contribution is -2.48. The zero-order valence-corrected chi connectivity index (χ0v) is 20.7. The molecule has 2 aliphatic rings. The number of thiophene rings is 1. The van der Waals surface area contributed by atoms with E-state index < -0.39 is 10.0 Å². The minimum Gasteiger partial charge on any atom is -0.336 e. The molecule has 0 saturated carbocycles. The third kappa shape index (κ3) is 4.95. The minimum absolute atomic E-state index is 0.0303. The van der Waals surface area contributed by atoms with E-state index in [0.29, 0.717) is 36.0 Å². The smallest absolute Gasteiger partial charge is 0.253 e. The van der Waals surface area contributed by atoms with Crippen LogP contribution in [0.25, 0.3) is 10.4 Å². The first-order chi connectivity index (χ1) is 16.5. The molecule has 0 aliphatic carbocycles. The molecule has 3 heterocycles. The molecule has 178 valence electrons. The summed E-state index contributed by atoms with van der Waals surface area (Å²) in [5.41, 5.74) is 2.81. The van der Waals surface area contributed by atoms with E-state index in [1.165, 1.54) is 16.9 Å². The van der Waals surface area contributed by atoms with Crippen LogP contribution in [0.15, 0.2) is 70.9 Å². The van der Waals surface area contributed by atoms with Crippen molar-refractivity contribution >= 4 is 27.3 Å². The zero-order valence-electron chi connectivity index (χ0n) is 19.1. The number of carbonyl (C=O) groups is 1. The molecular formula is C26H29N3O3S2. The van der Waals surface area contributed by atoms with Gasteiger partial charge < -0.3 is 4.90 Å². The van der Waals surface area contributed by atoms with Gasteiger partial charge in [-0.1, -0.05) is 42.5 Å². The number of nitrogens with zero attached hydrogens (tertiary/aromatic N) is 3. The van der Waals surface area contributed by atoms with Gasteiger partial charge in [0.05, 0.1) is 0 Å². The second-order valence-electron chi connectivity index (χ2n) is 8.86. The Balaban J connectivity index is 1.25. The first kappa shape index (κ1) is 23.2. The van der Waals surface area contributed by atoms with E-state index in [4.69, 9.17) is 0 Å². The topological polar surface area (TPSA) is 60.9 Å². The van der Waals surface area contributed by atoms with Gasteiger partial charge in [0.25, 0.3) is 15.9 Å². The van der Waals surface area contributed by atoms with Gasteiger partial charge in [-0.05, 0) is 48.2 Å². The summed E-state index contributed by atoms with van der Waals surface area (Å²) in [7, 11) is -3.43. The molecule has 6 nitrogen and oxygen atoms in total. The SMILES string of the molecule is O=C(c1cccc(-c2ccc(S(=O)(=O)N3CCCC3)s2)c1)N1CCN(Cc2ccccc2)CC1. The lowest BCUT2D eigenvalue weighted by atomic mass is 10.1. The number of carbonyl (C=O) groups excluding carboxylic acids is 1. The van der Waals surface area contributed by atoms with Crippen LogP contribution in [-0.2, 0) is 16.6 Å². The van der Waals surface area contributed by atoms with Crippen LogP contribution in [-0.4, -0.2) is 67.7 Å². The summed E-state index contributed by atoms with van der Waals surface area (Å²) >= 11 is 1.28. The average molecular weight is 496 g/mol. The Morgan fingerprint density at radius 2 is 1.56 bits per heavy atom. The Bertz CT molecular complexity index is 1240. The van der Waals surface area contributed by atoms with Gasteiger partial charge in [-0.25, -0.2) is 8.42 Å². The quantitative estimate of drug-likeness (QED) is 0.515. The average Bonchev–Trinajstić information content (AvgIpc) is 3.58. The highest BCUT2D eigenvalue weighted by atomic mass is 32.2. The molecule has 0 atom stereocenters. The molecule has 3 aromatic rings. The molecule has 5 rings (SSSR count). The molecule has 34 heavy (non-hydrogen) atoms. The van der Waals surface area contributed by atoms with Crippen molar-refractivity contribution in [2.24, 2.45) is 0 Å². The van der Waals surface area contributed by atoms with Gasteiger partial charge in [0.2, 0.25) is 0 Å². The van der Waals surface area contributed by atoms with Gasteiger partial charge >= 0.3 is 0 Å². The van der Waals surface area contributed by atoms with Gasteiger partial charge in [-0.3, -0.25) is 9.69 Å². The fraction of sp³-hybridized carbons (Fsp3) is 0.346. The molecule has 1 aromatic heterocycles. The molecule has 2 saturated heterocycles. The Kier molecular flexibility index (Phi) is 6.83. The van der Waals surface area contributed by atoms with Crippen LogP contribution in [0.3, 0.4) is 0 Å². The van der Waals surface area contributed by atoms with Crippen LogP contribution in [0, 0.1) is 0 Å². The molecule has 0 spiro atoms. The van der Waals surface area contributed by atoms with Crippen LogP contribution >= 0.6 is 11.3 Å². The number of hydrogen-bond donors (Lipinski definition) is 0. The highest BCUT2D eigenvalue weighted by Gasteiger charge is 2.29. The van der Waals surface area contributed by atoms with Gasteiger partial charge in [-0.15, -0.1) is 11.3 Å². The molecule has 0 bridgehead atoms. The molecule has 0 radical (unpaired) electrons. The maximum Gasteiger partial charge on any atom is 0.253 e. The van der Waals surface area contributed by atoms with Crippen molar-refractivity contribution in [1.29, 1.82) is 0 Å². The molecule has 8 heteroatoms. The number of piperazine rings is 1. The molecular weight excluding hydrogens is 466 g/mol. The fourth-order valence-electron chi connectivity index (χ4n) is 4.61. The Labute approximate surface area is 205 Å². The van der Waals surface area contributed by atoms with Gasteiger partial charge in [0.1, 0.15) is 4.21 Å². The van der Waals surface area contributed by atoms with Crippen LogP contribution in [0.5, 0.6) is 0 Å². The summed E-state index contributed by atoms with van der Waals surface area (Å²) in [6, 6.07) is 21.5.